The van der Waals surface area contributed by atoms with Crippen LogP contribution >= 0.6 is 11.3 Å². The topological polar surface area (TPSA) is 92.1 Å². The van der Waals surface area contributed by atoms with Gasteiger partial charge in [0.2, 0.25) is 5.91 Å². The van der Waals surface area contributed by atoms with Gasteiger partial charge in [-0.3, -0.25) is 9.48 Å². The van der Waals surface area contributed by atoms with Crippen LogP contribution in [-0.2, 0) is 23.3 Å². The number of nitrogens with one attached hydrogen (secondary N) is 2. The Labute approximate surface area is 139 Å². The molecule has 0 unspecified atom stereocenters. The summed E-state index contributed by atoms with van der Waals surface area (Å²) in [4.78, 5) is 17.2. The van der Waals surface area contributed by atoms with Crippen molar-refractivity contribution in [3.05, 3.63) is 28.5 Å². The van der Waals surface area contributed by atoms with Crippen LogP contribution in [-0.4, -0.2) is 38.9 Å². The van der Waals surface area contributed by atoms with Gasteiger partial charge in [-0.25, -0.2) is 4.98 Å². The lowest BCUT2D eigenvalue weighted by Crippen LogP contribution is -2.30. The standard InChI is InChI=1S/C15H23N5O2S/c1-15(2,3)14-18-8-12(23-14)7-17-11-6-19-20(9-11)10-13(22)16-4-5-21/h6,8-9,17,21H,4-5,7,10H2,1-3H3,(H,16,22). The first-order chi connectivity index (χ1) is 10.9. The van der Waals surface area contributed by atoms with Gasteiger partial charge in [0.05, 0.1) is 30.0 Å². The lowest BCUT2D eigenvalue weighted by molar-refractivity contribution is -0.122. The van der Waals surface area contributed by atoms with E-state index < -0.39 is 0 Å². The molecule has 0 aliphatic carbocycles. The number of aliphatic hydroxyl groups excluding tert-OH is 1. The van der Waals surface area contributed by atoms with Gasteiger partial charge in [-0.2, -0.15) is 5.10 Å². The number of anilines is 1. The minimum absolute atomic E-state index is 0.0652. The predicted octanol–water partition coefficient (Wildman–Crippen LogP) is 1.36. The molecule has 0 radical (unpaired) electrons. The van der Waals surface area contributed by atoms with Crippen LogP contribution < -0.4 is 10.6 Å². The Morgan fingerprint density at radius 3 is 2.83 bits per heavy atom. The fraction of sp³-hybridized carbons (Fsp3) is 0.533. The summed E-state index contributed by atoms with van der Waals surface area (Å²) >= 11 is 1.70. The number of rotatable bonds is 7. The zero-order valence-electron chi connectivity index (χ0n) is 13.7. The van der Waals surface area contributed by atoms with E-state index in [1.165, 1.54) is 0 Å². The first-order valence-electron chi connectivity index (χ1n) is 7.47. The molecular weight excluding hydrogens is 314 g/mol. The summed E-state index contributed by atoms with van der Waals surface area (Å²) in [5, 5.41) is 19.8. The Hall–Kier alpha value is -1.93. The van der Waals surface area contributed by atoms with Gasteiger partial charge in [0.1, 0.15) is 6.54 Å². The van der Waals surface area contributed by atoms with Crippen molar-refractivity contribution in [1.29, 1.82) is 0 Å². The van der Waals surface area contributed by atoms with E-state index in [1.54, 1.807) is 28.4 Å². The molecule has 0 aliphatic heterocycles. The van der Waals surface area contributed by atoms with Crippen molar-refractivity contribution in [2.45, 2.75) is 39.3 Å². The number of amides is 1. The van der Waals surface area contributed by atoms with Crippen LogP contribution in [0.15, 0.2) is 18.6 Å². The molecule has 0 atom stereocenters. The average Bonchev–Trinajstić information content (AvgIpc) is 3.11. The maximum atomic E-state index is 11.5. The molecule has 2 heterocycles. The summed E-state index contributed by atoms with van der Waals surface area (Å²) in [6.45, 7) is 7.45. The molecule has 0 aliphatic rings. The van der Waals surface area contributed by atoms with Crippen molar-refractivity contribution >= 4 is 22.9 Å². The lowest BCUT2D eigenvalue weighted by Gasteiger charge is -2.13. The van der Waals surface area contributed by atoms with Gasteiger partial charge in [-0.05, 0) is 0 Å². The fourth-order valence-electron chi connectivity index (χ4n) is 1.86. The van der Waals surface area contributed by atoms with Gasteiger partial charge in [0.15, 0.2) is 0 Å². The molecule has 126 valence electrons. The van der Waals surface area contributed by atoms with Crippen LogP contribution in [0.3, 0.4) is 0 Å². The van der Waals surface area contributed by atoms with Crippen molar-refractivity contribution < 1.29 is 9.90 Å². The number of carbonyl (C=O) groups is 1. The van der Waals surface area contributed by atoms with E-state index in [0.29, 0.717) is 6.54 Å². The molecule has 8 heteroatoms. The van der Waals surface area contributed by atoms with E-state index in [9.17, 15) is 4.79 Å². The maximum Gasteiger partial charge on any atom is 0.241 e. The minimum atomic E-state index is -0.175. The van der Waals surface area contributed by atoms with E-state index >= 15 is 0 Å². The smallest absolute Gasteiger partial charge is 0.241 e. The first kappa shape index (κ1) is 17.4. The zero-order chi connectivity index (χ0) is 16.9. The molecule has 7 nitrogen and oxygen atoms in total. The number of carbonyl (C=O) groups excluding carboxylic acids is 1. The van der Waals surface area contributed by atoms with Gasteiger partial charge >= 0.3 is 0 Å². The Bertz CT molecular complexity index is 644. The highest BCUT2D eigenvalue weighted by Crippen LogP contribution is 2.27. The first-order valence-corrected chi connectivity index (χ1v) is 8.29. The van der Waals surface area contributed by atoms with Crippen molar-refractivity contribution in [3.8, 4) is 0 Å². The van der Waals surface area contributed by atoms with Gasteiger partial charge in [-0.15, -0.1) is 11.3 Å². The molecule has 0 saturated carbocycles. The molecule has 0 bridgehead atoms. The van der Waals surface area contributed by atoms with Crippen LogP contribution in [0.2, 0.25) is 0 Å². The summed E-state index contributed by atoms with van der Waals surface area (Å²) in [6.07, 6.45) is 5.36. The molecule has 2 aromatic rings. The fourth-order valence-corrected chi connectivity index (χ4v) is 2.77. The van der Waals surface area contributed by atoms with E-state index in [0.717, 1.165) is 15.6 Å². The number of aliphatic hydroxyl groups is 1. The molecule has 2 aromatic heterocycles. The van der Waals surface area contributed by atoms with Gasteiger partial charge < -0.3 is 15.7 Å². The number of hydrogen-bond donors (Lipinski definition) is 3. The molecule has 0 saturated heterocycles. The van der Waals surface area contributed by atoms with Gasteiger partial charge in [0, 0.05) is 29.2 Å². The van der Waals surface area contributed by atoms with Crippen molar-refractivity contribution in [1.82, 2.24) is 20.1 Å². The predicted molar refractivity (Wildman–Crippen MR) is 90.5 cm³/mol. The summed E-state index contributed by atoms with van der Waals surface area (Å²) < 4.78 is 1.56. The minimum Gasteiger partial charge on any atom is -0.395 e. The number of thiazole rings is 1. The molecule has 0 spiro atoms. The van der Waals surface area contributed by atoms with Crippen molar-refractivity contribution in [2.24, 2.45) is 0 Å². The van der Waals surface area contributed by atoms with E-state index in [4.69, 9.17) is 5.11 Å². The molecule has 0 fully saturated rings. The van der Waals surface area contributed by atoms with E-state index in [-0.39, 0.29) is 31.0 Å². The van der Waals surface area contributed by atoms with E-state index in [1.807, 2.05) is 6.20 Å². The van der Waals surface area contributed by atoms with Crippen LogP contribution in [0.1, 0.15) is 30.7 Å². The molecular formula is C15H23N5O2S. The Morgan fingerprint density at radius 1 is 1.39 bits per heavy atom. The van der Waals surface area contributed by atoms with Crippen LogP contribution in [0.5, 0.6) is 0 Å². The Morgan fingerprint density at radius 2 is 2.17 bits per heavy atom. The normalized spacial score (nSPS) is 11.5. The van der Waals surface area contributed by atoms with E-state index in [2.05, 4.69) is 41.5 Å². The third-order valence-corrected chi connectivity index (χ3v) is 4.46. The quantitative estimate of drug-likeness (QED) is 0.709. The number of nitrogens with zero attached hydrogens (tertiary/aromatic N) is 3. The van der Waals surface area contributed by atoms with Crippen molar-refractivity contribution in [2.75, 3.05) is 18.5 Å². The molecule has 23 heavy (non-hydrogen) atoms. The van der Waals surface area contributed by atoms with Crippen LogP contribution in [0.4, 0.5) is 5.69 Å². The van der Waals surface area contributed by atoms with Crippen LogP contribution in [0.25, 0.3) is 0 Å². The Kier molecular flexibility index (Phi) is 5.73. The summed E-state index contributed by atoms with van der Waals surface area (Å²) in [5.41, 5.74) is 0.918. The number of hydrogen-bond acceptors (Lipinski definition) is 6. The summed E-state index contributed by atoms with van der Waals surface area (Å²) in [6, 6.07) is 0. The molecule has 2 rings (SSSR count). The van der Waals surface area contributed by atoms with Gasteiger partial charge in [0.25, 0.3) is 0 Å². The third kappa shape index (κ3) is 5.33. The Balaban J connectivity index is 1.85. The zero-order valence-corrected chi connectivity index (χ0v) is 14.5. The highest BCUT2D eigenvalue weighted by molar-refractivity contribution is 7.11. The second kappa shape index (κ2) is 7.56. The second-order valence-electron chi connectivity index (χ2n) is 6.24. The maximum absolute atomic E-state index is 11.5. The van der Waals surface area contributed by atoms with Crippen molar-refractivity contribution in [3.63, 3.8) is 0 Å². The summed E-state index contributed by atoms with van der Waals surface area (Å²) in [5.74, 6) is -0.175. The third-order valence-electron chi connectivity index (χ3n) is 3.03. The molecule has 0 aromatic carbocycles. The highest BCUT2D eigenvalue weighted by atomic mass is 32.1. The van der Waals surface area contributed by atoms with Gasteiger partial charge in [-0.1, -0.05) is 20.8 Å². The SMILES string of the molecule is CC(C)(C)c1ncc(CNc2cnn(CC(=O)NCCO)c2)s1. The molecule has 1 amide bonds. The highest BCUT2D eigenvalue weighted by Gasteiger charge is 2.17. The number of aromatic nitrogens is 3. The molecule has 3 N–H and O–H groups in total. The lowest BCUT2D eigenvalue weighted by atomic mass is 9.98. The second-order valence-corrected chi connectivity index (χ2v) is 7.35. The van der Waals surface area contributed by atoms with Crippen LogP contribution in [0, 0.1) is 0 Å². The largest absolute Gasteiger partial charge is 0.395 e. The summed E-state index contributed by atoms with van der Waals surface area (Å²) in [7, 11) is 0. The average molecular weight is 337 g/mol. The monoisotopic (exact) mass is 337 g/mol.